The van der Waals surface area contributed by atoms with Crippen LogP contribution in [0.15, 0.2) is 41.8 Å². The molecule has 27 heavy (non-hydrogen) atoms. The average Bonchev–Trinajstić information content (AvgIpc) is 3.30. The molecule has 0 bridgehead atoms. The van der Waals surface area contributed by atoms with Crippen LogP contribution in [0.2, 0.25) is 0 Å². The van der Waals surface area contributed by atoms with Gasteiger partial charge >= 0.3 is 0 Å². The molecule has 0 aliphatic rings. The topological polar surface area (TPSA) is 60.5 Å². The first-order valence-corrected chi connectivity index (χ1v) is 10.5. The molecule has 1 N–H and O–H groups in total. The summed E-state index contributed by atoms with van der Waals surface area (Å²) >= 11 is 3.37. The number of nitrogens with zero attached hydrogens (tertiary/aromatic N) is 1. The second kappa shape index (κ2) is 9.53. The van der Waals surface area contributed by atoms with Crippen molar-refractivity contribution < 1.29 is 14.3 Å². The van der Waals surface area contributed by atoms with Crippen molar-refractivity contribution in [3.05, 3.63) is 51.7 Å². The van der Waals surface area contributed by atoms with E-state index in [1.165, 1.54) is 4.88 Å². The second-order valence-corrected chi connectivity index (χ2v) is 8.02. The molecule has 7 heteroatoms. The van der Waals surface area contributed by atoms with Gasteiger partial charge in [-0.25, -0.2) is 4.98 Å². The Morgan fingerprint density at radius 2 is 1.93 bits per heavy atom. The number of para-hydroxylation sites is 2. The Labute approximate surface area is 167 Å². The lowest BCUT2D eigenvalue weighted by Gasteiger charge is -2.11. The van der Waals surface area contributed by atoms with E-state index in [2.05, 4.69) is 27.8 Å². The predicted molar refractivity (Wildman–Crippen MR) is 110 cm³/mol. The number of aromatic nitrogens is 1. The van der Waals surface area contributed by atoms with E-state index in [9.17, 15) is 4.79 Å². The highest BCUT2D eigenvalue weighted by Gasteiger charge is 2.09. The van der Waals surface area contributed by atoms with Gasteiger partial charge in [0.05, 0.1) is 22.2 Å². The zero-order valence-electron chi connectivity index (χ0n) is 15.4. The Morgan fingerprint density at radius 3 is 2.63 bits per heavy atom. The number of benzene rings is 1. The molecule has 0 aliphatic heterocycles. The van der Waals surface area contributed by atoms with Crippen LogP contribution in [-0.2, 0) is 11.2 Å². The third-order valence-electron chi connectivity index (χ3n) is 3.73. The van der Waals surface area contributed by atoms with E-state index in [1.807, 2.05) is 32.0 Å². The smallest absolute Gasteiger partial charge is 0.257 e. The first-order valence-electron chi connectivity index (χ1n) is 8.78. The molecule has 1 aromatic carbocycles. The van der Waals surface area contributed by atoms with Crippen molar-refractivity contribution in [2.45, 2.75) is 20.3 Å². The van der Waals surface area contributed by atoms with Gasteiger partial charge in [-0.3, -0.25) is 4.79 Å². The highest BCUT2D eigenvalue weighted by molar-refractivity contribution is 7.16. The number of hydrogen-bond acceptors (Lipinski definition) is 6. The lowest BCUT2D eigenvalue weighted by atomic mass is 10.3. The number of rotatable bonds is 9. The van der Waals surface area contributed by atoms with E-state index in [4.69, 9.17) is 9.47 Å². The van der Waals surface area contributed by atoms with Gasteiger partial charge in [-0.1, -0.05) is 12.1 Å². The van der Waals surface area contributed by atoms with Gasteiger partial charge in [0.25, 0.3) is 5.91 Å². The van der Waals surface area contributed by atoms with Gasteiger partial charge in [0.15, 0.2) is 18.1 Å². The fourth-order valence-electron chi connectivity index (χ4n) is 2.49. The van der Waals surface area contributed by atoms with Gasteiger partial charge < -0.3 is 14.8 Å². The molecular weight excluding hydrogens is 380 g/mol. The maximum Gasteiger partial charge on any atom is 0.257 e. The van der Waals surface area contributed by atoms with Crippen molar-refractivity contribution >= 4 is 28.6 Å². The Balaban J connectivity index is 1.43. The van der Waals surface area contributed by atoms with E-state index in [0.717, 1.165) is 22.0 Å². The highest BCUT2D eigenvalue weighted by Crippen LogP contribution is 2.29. The molecule has 0 unspecified atom stereocenters. The minimum Gasteiger partial charge on any atom is -0.490 e. The number of carbonyl (C=O) groups excluding carboxylic acids is 1. The number of hydrogen-bond donors (Lipinski definition) is 1. The van der Waals surface area contributed by atoms with Gasteiger partial charge in [-0.15, -0.1) is 22.7 Å². The molecule has 0 atom stereocenters. The van der Waals surface area contributed by atoms with Gasteiger partial charge in [0.2, 0.25) is 0 Å². The second-order valence-electron chi connectivity index (χ2n) is 5.79. The number of aryl methyl sites for hydroxylation is 1. The molecule has 0 saturated heterocycles. The summed E-state index contributed by atoms with van der Waals surface area (Å²) in [5, 5.41) is 6.04. The summed E-state index contributed by atoms with van der Waals surface area (Å²) in [6, 6.07) is 11.5. The van der Waals surface area contributed by atoms with Crippen LogP contribution < -0.4 is 14.8 Å². The van der Waals surface area contributed by atoms with E-state index in [-0.39, 0.29) is 12.5 Å². The van der Waals surface area contributed by atoms with Crippen LogP contribution in [0.25, 0.3) is 10.6 Å². The van der Waals surface area contributed by atoms with Gasteiger partial charge in [-0.2, -0.15) is 0 Å². The van der Waals surface area contributed by atoms with Crippen LogP contribution in [0.4, 0.5) is 0 Å². The van der Waals surface area contributed by atoms with Crippen LogP contribution >= 0.6 is 22.7 Å². The molecule has 0 saturated carbocycles. The van der Waals surface area contributed by atoms with Gasteiger partial charge in [-0.05, 0) is 44.5 Å². The molecule has 1 amide bonds. The minimum absolute atomic E-state index is 0.0299. The first-order chi connectivity index (χ1) is 13.2. The quantitative estimate of drug-likeness (QED) is 0.579. The van der Waals surface area contributed by atoms with Crippen molar-refractivity contribution in [2.24, 2.45) is 0 Å². The van der Waals surface area contributed by atoms with Crippen molar-refractivity contribution in [3.8, 4) is 22.1 Å². The summed E-state index contributed by atoms with van der Waals surface area (Å²) < 4.78 is 11.1. The lowest BCUT2D eigenvalue weighted by molar-refractivity contribution is -0.123. The summed E-state index contributed by atoms with van der Waals surface area (Å²) in [4.78, 5) is 18.9. The summed E-state index contributed by atoms with van der Waals surface area (Å²) in [5.41, 5.74) is 1.03. The third-order valence-corrected chi connectivity index (χ3v) is 5.68. The number of amides is 1. The minimum atomic E-state index is -0.145. The zero-order valence-corrected chi connectivity index (χ0v) is 17.0. The van der Waals surface area contributed by atoms with Crippen LogP contribution in [0.5, 0.6) is 11.5 Å². The van der Waals surface area contributed by atoms with E-state index >= 15 is 0 Å². The van der Waals surface area contributed by atoms with E-state index in [0.29, 0.717) is 24.7 Å². The summed E-state index contributed by atoms with van der Waals surface area (Å²) in [6.07, 6.45) is 0.787. The van der Waals surface area contributed by atoms with Crippen LogP contribution in [0.1, 0.15) is 16.8 Å². The number of carbonyl (C=O) groups is 1. The Kier molecular flexibility index (Phi) is 6.84. The molecule has 0 aliphatic carbocycles. The fourth-order valence-corrected chi connectivity index (χ4v) is 4.15. The van der Waals surface area contributed by atoms with Gasteiger partial charge in [0.1, 0.15) is 0 Å². The van der Waals surface area contributed by atoms with Crippen molar-refractivity contribution in [1.29, 1.82) is 0 Å². The number of nitrogens with one attached hydrogen (secondary N) is 1. The normalized spacial score (nSPS) is 10.6. The fraction of sp³-hybridized carbons (Fsp3) is 0.300. The molecule has 0 fully saturated rings. The number of thiophene rings is 1. The largest absolute Gasteiger partial charge is 0.490 e. The number of ether oxygens (including phenoxy) is 2. The first kappa shape index (κ1) is 19.4. The maximum absolute atomic E-state index is 12.0. The van der Waals surface area contributed by atoms with Crippen molar-refractivity contribution in [2.75, 3.05) is 19.8 Å². The van der Waals surface area contributed by atoms with Gasteiger partial charge in [0, 0.05) is 16.8 Å². The molecule has 3 rings (SSSR count). The maximum atomic E-state index is 12.0. The van der Waals surface area contributed by atoms with E-state index in [1.54, 1.807) is 28.7 Å². The van der Waals surface area contributed by atoms with Crippen LogP contribution in [0, 0.1) is 6.92 Å². The molecule has 0 spiro atoms. The summed E-state index contributed by atoms with van der Waals surface area (Å²) in [7, 11) is 0. The third kappa shape index (κ3) is 5.55. The summed E-state index contributed by atoms with van der Waals surface area (Å²) in [6.45, 7) is 5.02. The molecule has 0 radical (unpaired) electrons. The summed E-state index contributed by atoms with van der Waals surface area (Å²) in [5.74, 6) is 1.08. The molecule has 2 aromatic heterocycles. The predicted octanol–water partition coefficient (Wildman–Crippen LogP) is 4.32. The Bertz CT molecular complexity index is 889. The van der Waals surface area contributed by atoms with Crippen LogP contribution in [-0.4, -0.2) is 30.6 Å². The Hall–Kier alpha value is -2.38. The number of thiazole rings is 1. The molecule has 5 nitrogen and oxygen atoms in total. The SMILES string of the molecule is CCOc1ccccc1OCC(=O)NCCc1ccc(-c2csc(C)n2)s1. The van der Waals surface area contributed by atoms with Crippen molar-refractivity contribution in [3.63, 3.8) is 0 Å². The molecular formula is C20H22N2O3S2. The zero-order chi connectivity index (χ0) is 19.1. The molecule has 2 heterocycles. The van der Waals surface area contributed by atoms with Crippen LogP contribution in [0.3, 0.4) is 0 Å². The van der Waals surface area contributed by atoms with E-state index < -0.39 is 0 Å². The Morgan fingerprint density at radius 1 is 1.15 bits per heavy atom. The molecule has 3 aromatic rings. The monoisotopic (exact) mass is 402 g/mol. The standard InChI is InChI=1S/C20H22N2O3S2/c1-3-24-17-6-4-5-7-18(17)25-12-20(23)21-11-10-15-8-9-19(27-15)16-13-26-14(2)22-16/h4-9,13H,3,10-12H2,1-2H3,(H,21,23). The average molecular weight is 403 g/mol. The lowest BCUT2D eigenvalue weighted by Crippen LogP contribution is -2.30. The van der Waals surface area contributed by atoms with Crippen molar-refractivity contribution in [1.82, 2.24) is 10.3 Å². The molecule has 142 valence electrons. The highest BCUT2D eigenvalue weighted by atomic mass is 32.1.